The van der Waals surface area contributed by atoms with E-state index in [1.165, 1.54) is 17.3 Å². The van der Waals surface area contributed by atoms with Crippen LogP contribution >= 0.6 is 0 Å². The van der Waals surface area contributed by atoms with Gasteiger partial charge in [-0.15, -0.1) is 0 Å². The second-order valence-corrected chi connectivity index (χ2v) is 7.32. The Kier molecular flexibility index (Phi) is 4.61. The minimum atomic E-state index is -3.51. The zero-order valence-corrected chi connectivity index (χ0v) is 14.0. The van der Waals surface area contributed by atoms with E-state index in [0.717, 1.165) is 5.56 Å². The van der Waals surface area contributed by atoms with Crippen LogP contribution in [0.25, 0.3) is 5.69 Å². The maximum atomic E-state index is 12.5. The number of nitrogens with zero attached hydrogens (tertiary/aromatic N) is 3. The van der Waals surface area contributed by atoms with E-state index in [9.17, 15) is 8.42 Å². The summed E-state index contributed by atoms with van der Waals surface area (Å²) >= 11 is 0. The highest BCUT2D eigenvalue weighted by molar-refractivity contribution is 7.92. The Balaban J connectivity index is 1.81. The third-order valence-electron chi connectivity index (χ3n) is 3.67. The van der Waals surface area contributed by atoms with Crippen LogP contribution in [0.2, 0.25) is 0 Å². The first-order chi connectivity index (χ1) is 11.6. The molecule has 0 radical (unpaired) electrons. The molecule has 7 heteroatoms. The van der Waals surface area contributed by atoms with Crippen LogP contribution in [0.5, 0.6) is 0 Å². The van der Waals surface area contributed by atoms with Gasteiger partial charge in [0.2, 0.25) is 10.0 Å². The molecule has 0 amide bonds. The van der Waals surface area contributed by atoms with Gasteiger partial charge < -0.3 is 0 Å². The smallest absolute Gasteiger partial charge is 0.233 e. The number of nitrogens with one attached hydrogen (secondary N) is 1. The minimum Gasteiger partial charge on any atom is -0.281 e. The highest BCUT2D eigenvalue weighted by atomic mass is 32.2. The number of benzene rings is 2. The van der Waals surface area contributed by atoms with Crippen molar-refractivity contribution < 1.29 is 8.42 Å². The summed E-state index contributed by atoms with van der Waals surface area (Å²) in [7, 11) is -3.51. The average molecular weight is 342 g/mol. The van der Waals surface area contributed by atoms with Crippen molar-refractivity contribution in [1.82, 2.24) is 14.8 Å². The molecule has 0 spiro atoms. The highest BCUT2D eigenvalue weighted by Crippen LogP contribution is 2.22. The average Bonchev–Trinajstić information content (AvgIpc) is 3.09. The van der Waals surface area contributed by atoms with Gasteiger partial charge in [0.15, 0.2) is 0 Å². The lowest BCUT2D eigenvalue weighted by atomic mass is 10.0. The molecule has 2 aromatic carbocycles. The molecule has 1 aromatic heterocycles. The molecular weight excluding hydrogens is 324 g/mol. The predicted octanol–water partition coefficient (Wildman–Crippen LogP) is 2.81. The molecule has 124 valence electrons. The van der Waals surface area contributed by atoms with E-state index in [-0.39, 0.29) is 11.7 Å². The molecule has 0 unspecified atom stereocenters. The van der Waals surface area contributed by atoms with Crippen LogP contribution in [0, 0.1) is 0 Å². The third-order valence-corrected chi connectivity index (χ3v) is 5.14. The van der Waals surface area contributed by atoms with E-state index in [1.807, 2.05) is 43.3 Å². The molecule has 1 atom stereocenters. The Morgan fingerprint density at radius 3 is 2.50 bits per heavy atom. The molecule has 0 bridgehead atoms. The van der Waals surface area contributed by atoms with Crippen molar-refractivity contribution in [2.75, 3.05) is 10.5 Å². The first kappa shape index (κ1) is 16.2. The fraction of sp³-hybridized carbons (Fsp3) is 0.176. The molecule has 0 aliphatic rings. The van der Waals surface area contributed by atoms with Gasteiger partial charge in [0, 0.05) is 0 Å². The number of aromatic nitrogens is 3. The van der Waals surface area contributed by atoms with Gasteiger partial charge in [0.25, 0.3) is 0 Å². The molecule has 3 aromatic rings. The van der Waals surface area contributed by atoms with Crippen molar-refractivity contribution in [1.29, 1.82) is 0 Å². The van der Waals surface area contributed by atoms with Crippen molar-refractivity contribution in [3.63, 3.8) is 0 Å². The van der Waals surface area contributed by atoms with Crippen LogP contribution in [0.3, 0.4) is 0 Å². The Labute approximate surface area is 141 Å². The zero-order valence-electron chi connectivity index (χ0n) is 13.2. The fourth-order valence-corrected chi connectivity index (χ4v) is 3.95. The van der Waals surface area contributed by atoms with Crippen molar-refractivity contribution in [2.45, 2.75) is 12.8 Å². The van der Waals surface area contributed by atoms with E-state index in [1.54, 1.807) is 18.2 Å². The molecule has 0 aliphatic carbocycles. The first-order valence-corrected chi connectivity index (χ1v) is 9.20. The van der Waals surface area contributed by atoms with Crippen LogP contribution in [-0.2, 0) is 10.0 Å². The summed E-state index contributed by atoms with van der Waals surface area (Å²) in [5.74, 6) is -0.106. The standard InChI is InChI=1S/C17H18N4O2S/c1-14(15-7-3-2-4-8-15)11-24(22,23)20-16-9-5-6-10-17(16)21-13-18-12-19-21/h2-10,12-14,20H,11H2,1H3/t14-/m0/s1. The Bertz CT molecular complexity index is 893. The maximum Gasteiger partial charge on any atom is 0.233 e. The summed E-state index contributed by atoms with van der Waals surface area (Å²) in [4.78, 5) is 3.90. The van der Waals surface area contributed by atoms with Crippen LogP contribution < -0.4 is 4.72 Å². The second kappa shape index (κ2) is 6.84. The Morgan fingerprint density at radius 2 is 1.79 bits per heavy atom. The molecular formula is C17H18N4O2S. The van der Waals surface area contributed by atoms with Crippen LogP contribution in [0.15, 0.2) is 67.3 Å². The fourth-order valence-electron chi connectivity index (χ4n) is 2.51. The zero-order chi connectivity index (χ0) is 17.0. The van der Waals surface area contributed by atoms with Gasteiger partial charge in [0.1, 0.15) is 12.7 Å². The molecule has 3 rings (SSSR count). The number of hydrogen-bond acceptors (Lipinski definition) is 4. The molecule has 0 saturated carbocycles. The summed E-state index contributed by atoms with van der Waals surface area (Å²) in [5.41, 5.74) is 2.10. The number of para-hydroxylation sites is 2. The van der Waals surface area contributed by atoms with Gasteiger partial charge in [0.05, 0.1) is 17.1 Å². The molecule has 1 N–H and O–H groups in total. The minimum absolute atomic E-state index is 0.00268. The Morgan fingerprint density at radius 1 is 1.08 bits per heavy atom. The van der Waals surface area contributed by atoms with Gasteiger partial charge in [-0.25, -0.2) is 18.1 Å². The normalized spacial score (nSPS) is 12.7. The number of hydrogen-bond donors (Lipinski definition) is 1. The second-order valence-electron chi connectivity index (χ2n) is 5.55. The SMILES string of the molecule is C[C@@H](CS(=O)(=O)Nc1ccccc1-n1cncn1)c1ccccc1. The summed E-state index contributed by atoms with van der Waals surface area (Å²) < 4.78 is 29.3. The highest BCUT2D eigenvalue weighted by Gasteiger charge is 2.18. The number of rotatable bonds is 6. The predicted molar refractivity (Wildman–Crippen MR) is 93.6 cm³/mol. The van der Waals surface area contributed by atoms with Crippen LogP contribution in [-0.4, -0.2) is 28.9 Å². The summed E-state index contributed by atoms with van der Waals surface area (Å²) in [6, 6.07) is 16.7. The number of anilines is 1. The third kappa shape index (κ3) is 3.80. The van der Waals surface area contributed by atoms with Crippen molar-refractivity contribution in [3.8, 4) is 5.69 Å². The summed E-state index contributed by atoms with van der Waals surface area (Å²) in [6.07, 6.45) is 2.93. The van der Waals surface area contributed by atoms with E-state index in [0.29, 0.717) is 11.4 Å². The first-order valence-electron chi connectivity index (χ1n) is 7.54. The monoisotopic (exact) mass is 342 g/mol. The number of sulfonamides is 1. The molecule has 1 heterocycles. The van der Waals surface area contributed by atoms with Crippen molar-refractivity contribution in [2.24, 2.45) is 0 Å². The lowest BCUT2D eigenvalue weighted by molar-refractivity contribution is 0.595. The van der Waals surface area contributed by atoms with Gasteiger partial charge in [-0.1, -0.05) is 49.4 Å². The summed E-state index contributed by atoms with van der Waals surface area (Å²) in [5, 5.41) is 4.06. The molecule has 0 fully saturated rings. The lowest BCUT2D eigenvalue weighted by Gasteiger charge is -2.15. The lowest BCUT2D eigenvalue weighted by Crippen LogP contribution is -2.21. The van der Waals surface area contributed by atoms with Gasteiger partial charge >= 0.3 is 0 Å². The van der Waals surface area contributed by atoms with E-state index < -0.39 is 10.0 Å². The van der Waals surface area contributed by atoms with Crippen molar-refractivity contribution in [3.05, 3.63) is 72.8 Å². The van der Waals surface area contributed by atoms with Gasteiger partial charge in [-0.3, -0.25) is 4.72 Å². The van der Waals surface area contributed by atoms with Crippen LogP contribution in [0.4, 0.5) is 5.69 Å². The maximum absolute atomic E-state index is 12.5. The summed E-state index contributed by atoms with van der Waals surface area (Å²) in [6.45, 7) is 1.90. The Hall–Kier alpha value is -2.67. The molecule has 0 saturated heterocycles. The van der Waals surface area contributed by atoms with Gasteiger partial charge in [-0.05, 0) is 23.6 Å². The van der Waals surface area contributed by atoms with Gasteiger partial charge in [-0.2, -0.15) is 5.10 Å². The van der Waals surface area contributed by atoms with E-state index >= 15 is 0 Å². The largest absolute Gasteiger partial charge is 0.281 e. The van der Waals surface area contributed by atoms with E-state index in [2.05, 4.69) is 14.8 Å². The molecule has 24 heavy (non-hydrogen) atoms. The van der Waals surface area contributed by atoms with Crippen LogP contribution in [0.1, 0.15) is 18.4 Å². The van der Waals surface area contributed by atoms with Crippen molar-refractivity contribution >= 4 is 15.7 Å². The topological polar surface area (TPSA) is 76.9 Å². The van der Waals surface area contributed by atoms with E-state index in [4.69, 9.17) is 0 Å². The molecule has 0 aliphatic heterocycles. The quantitative estimate of drug-likeness (QED) is 0.747. The molecule has 6 nitrogen and oxygen atoms in total.